The first-order valence-corrected chi connectivity index (χ1v) is 9.40. The van der Waals surface area contributed by atoms with Crippen molar-refractivity contribution in [3.63, 3.8) is 0 Å². The maximum absolute atomic E-state index is 12.4. The monoisotopic (exact) mass is 393 g/mol. The van der Waals surface area contributed by atoms with Gasteiger partial charge in [0.1, 0.15) is 0 Å². The van der Waals surface area contributed by atoms with Gasteiger partial charge in [0, 0.05) is 13.1 Å². The Morgan fingerprint density at radius 3 is 2.44 bits per heavy atom. The maximum atomic E-state index is 12.4. The minimum atomic E-state index is -4.10. The van der Waals surface area contributed by atoms with E-state index in [2.05, 4.69) is 0 Å². The number of likely N-dealkylation sites (N-methyl/N-ethyl adjacent to an activating group) is 1. The van der Waals surface area contributed by atoms with Gasteiger partial charge in [-0.15, -0.1) is 0 Å². The van der Waals surface area contributed by atoms with Gasteiger partial charge >= 0.3 is 5.69 Å². The number of nitrogens with zero attached hydrogens (tertiary/aromatic N) is 2. The van der Waals surface area contributed by atoms with Gasteiger partial charge in [0.25, 0.3) is 5.91 Å². The molecule has 1 atom stereocenters. The fourth-order valence-electron chi connectivity index (χ4n) is 2.35. The van der Waals surface area contributed by atoms with Crippen molar-refractivity contribution in [1.29, 1.82) is 0 Å². The van der Waals surface area contributed by atoms with Crippen LogP contribution in [0.5, 0.6) is 5.75 Å². The number of nitro groups is 1. The summed E-state index contributed by atoms with van der Waals surface area (Å²) >= 11 is 0. The van der Waals surface area contributed by atoms with E-state index in [-0.39, 0.29) is 11.8 Å². The Labute approximate surface area is 156 Å². The number of hydrogen-bond acceptors (Lipinski definition) is 6. The summed E-state index contributed by atoms with van der Waals surface area (Å²) in [5, 5.41) is 16.1. The highest BCUT2D eigenvalue weighted by atomic mass is 32.2. The van der Waals surface area contributed by atoms with E-state index < -0.39 is 38.0 Å². The number of sulfonamides is 1. The molecule has 0 aromatic heterocycles. The Morgan fingerprint density at radius 2 is 1.89 bits per heavy atom. The van der Waals surface area contributed by atoms with Crippen molar-refractivity contribution in [1.82, 2.24) is 4.90 Å². The van der Waals surface area contributed by atoms with Crippen LogP contribution in [0.15, 0.2) is 53.4 Å². The van der Waals surface area contributed by atoms with Crippen molar-refractivity contribution in [3.8, 4) is 5.75 Å². The summed E-state index contributed by atoms with van der Waals surface area (Å²) in [5.41, 5.74) is 0.338. The molecule has 2 rings (SSSR count). The molecule has 9 nitrogen and oxygen atoms in total. The molecular formula is C17H19N3O6S. The molecule has 0 heterocycles. The number of primary sulfonamides is 1. The lowest BCUT2D eigenvalue weighted by Crippen LogP contribution is -2.33. The molecule has 0 saturated carbocycles. The summed E-state index contributed by atoms with van der Waals surface area (Å²) in [4.78, 5) is 23.8. The Hall–Kier alpha value is -2.98. The van der Waals surface area contributed by atoms with E-state index in [4.69, 9.17) is 9.88 Å². The summed E-state index contributed by atoms with van der Waals surface area (Å²) in [7, 11) is -2.50. The van der Waals surface area contributed by atoms with Gasteiger partial charge in [-0.25, -0.2) is 13.6 Å². The van der Waals surface area contributed by atoms with Crippen LogP contribution < -0.4 is 9.88 Å². The molecule has 0 bridgehead atoms. The Balaban J connectivity index is 2.13. The fraction of sp³-hybridized carbons (Fsp3) is 0.235. The first kappa shape index (κ1) is 20.3. The van der Waals surface area contributed by atoms with Crippen molar-refractivity contribution in [3.05, 3.63) is 64.2 Å². The minimum absolute atomic E-state index is 0.220. The van der Waals surface area contributed by atoms with Crippen molar-refractivity contribution < 1.29 is 22.9 Å². The van der Waals surface area contributed by atoms with Gasteiger partial charge in [0.05, 0.1) is 15.9 Å². The molecule has 1 amide bonds. The predicted octanol–water partition coefficient (Wildman–Crippen LogP) is 1.84. The molecule has 27 heavy (non-hydrogen) atoms. The summed E-state index contributed by atoms with van der Waals surface area (Å²) < 4.78 is 27.9. The predicted molar refractivity (Wildman–Crippen MR) is 97.6 cm³/mol. The molecule has 2 aromatic carbocycles. The topological polar surface area (TPSA) is 133 Å². The van der Waals surface area contributed by atoms with Gasteiger partial charge < -0.3 is 9.64 Å². The normalized spacial score (nSPS) is 12.3. The van der Waals surface area contributed by atoms with E-state index in [1.54, 1.807) is 7.05 Å². The molecule has 10 heteroatoms. The Kier molecular flexibility index (Phi) is 6.13. The summed E-state index contributed by atoms with van der Waals surface area (Å²) in [6.45, 7) is 1.40. The number of amides is 1. The number of rotatable bonds is 7. The highest BCUT2D eigenvalue weighted by molar-refractivity contribution is 7.89. The second kappa shape index (κ2) is 8.14. The number of carbonyl (C=O) groups is 1. The molecule has 0 radical (unpaired) electrons. The summed E-state index contributed by atoms with van der Waals surface area (Å²) in [6.07, 6.45) is 0. The molecule has 2 aromatic rings. The van der Waals surface area contributed by atoms with Crippen molar-refractivity contribution >= 4 is 21.6 Å². The number of ether oxygens (including phenoxy) is 1. The number of carbonyl (C=O) groups excluding carboxylic acids is 1. The van der Waals surface area contributed by atoms with Gasteiger partial charge in [0.2, 0.25) is 10.0 Å². The fourth-order valence-corrected chi connectivity index (χ4v) is 2.88. The van der Waals surface area contributed by atoms with Crippen LogP contribution in [-0.4, -0.2) is 37.8 Å². The van der Waals surface area contributed by atoms with E-state index in [9.17, 15) is 23.3 Å². The average Bonchev–Trinajstić information content (AvgIpc) is 2.64. The lowest BCUT2D eigenvalue weighted by molar-refractivity contribution is -0.386. The smallest absolute Gasteiger partial charge is 0.312 e. The minimum Gasteiger partial charge on any atom is -0.477 e. The van der Waals surface area contributed by atoms with Crippen LogP contribution in [0.25, 0.3) is 0 Å². The maximum Gasteiger partial charge on any atom is 0.312 e. The first-order valence-electron chi connectivity index (χ1n) is 7.86. The number of nitro benzene ring substituents is 1. The molecule has 1 unspecified atom stereocenters. The molecule has 0 spiro atoms. The van der Waals surface area contributed by atoms with E-state index in [1.807, 2.05) is 37.3 Å². The second-order valence-electron chi connectivity index (χ2n) is 5.81. The van der Waals surface area contributed by atoms with Crippen LogP contribution in [0.1, 0.15) is 18.5 Å². The molecular weight excluding hydrogens is 374 g/mol. The van der Waals surface area contributed by atoms with Crippen LogP contribution in [0, 0.1) is 10.1 Å². The third-order valence-electron chi connectivity index (χ3n) is 4.06. The van der Waals surface area contributed by atoms with Crippen molar-refractivity contribution in [2.45, 2.75) is 17.9 Å². The van der Waals surface area contributed by atoms with E-state index in [0.29, 0.717) is 0 Å². The first-order chi connectivity index (χ1) is 12.6. The van der Waals surface area contributed by atoms with Crippen molar-refractivity contribution in [2.75, 3.05) is 13.7 Å². The van der Waals surface area contributed by atoms with Gasteiger partial charge in [-0.3, -0.25) is 14.9 Å². The SMILES string of the molecule is CC(c1ccccc1)N(C)C(=O)COc1ccc(S(N)(=O)=O)cc1[N+](=O)[O-]. The van der Waals surface area contributed by atoms with E-state index in [0.717, 1.165) is 23.8 Å². The van der Waals surface area contributed by atoms with Crippen LogP contribution in [0.4, 0.5) is 5.69 Å². The molecule has 0 aliphatic heterocycles. The Morgan fingerprint density at radius 1 is 1.26 bits per heavy atom. The number of nitrogens with two attached hydrogens (primary N) is 1. The van der Waals surface area contributed by atoms with Crippen LogP contribution in [0.2, 0.25) is 0 Å². The Bertz CT molecular complexity index is 946. The third kappa shape index (κ3) is 5.02. The average molecular weight is 393 g/mol. The zero-order valence-corrected chi connectivity index (χ0v) is 15.5. The van der Waals surface area contributed by atoms with Crippen molar-refractivity contribution in [2.24, 2.45) is 5.14 Å². The van der Waals surface area contributed by atoms with Gasteiger partial charge in [-0.2, -0.15) is 0 Å². The van der Waals surface area contributed by atoms with E-state index in [1.165, 1.54) is 4.90 Å². The third-order valence-corrected chi connectivity index (χ3v) is 4.97. The highest BCUT2D eigenvalue weighted by Gasteiger charge is 2.22. The van der Waals surface area contributed by atoms with Crippen LogP contribution in [0.3, 0.4) is 0 Å². The molecule has 0 aliphatic carbocycles. The van der Waals surface area contributed by atoms with Crippen LogP contribution >= 0.6 is 0 Å². The molecule has 144 valence electrons. The largest absolute Gasteiger partial charge is 0.477 e. The lowest BCUT2D eigenvalue weighted by atomic mass is 10.1. The van der Waals surface area contributed by atoms with Gasteiger partial charge in [0.15, 0.2) is 12.4 Å². The summed E-state index contributed by atoms with van der Waals surface area (Å²) in [5.74, 6) is -0.613. The molecule has 0 fully saturated rings. The highest BCUT2D eigenvalue weighted by Crippen LogP contribution is 2.29. The van der Waals surface area contributed by atoms with Gasteiger partial charge in [-0.05, 0) is 24.6 Å². The summed E-state index contributed by atoms with van der Waals surface area (Å²) in [6, 6.07) is 12.1. The zero-order chi connectivity index (χ0) is 20.2. The number of benzene rings is 2. The molecule has 0 aliphatic rings. The standard InChI is InChI=1S/C17H19N3O6S/c1-12(13-6-4-3-5-7-13)19(2)17(21)11-26-16-9-8-14(27(18,24)25)10-15(16)20(22)23/h3-10,12H,11H2,1-2H3,(H2,18,24,25). The quantitative estimate of drug-likeness (QED) is 0.564. The lowest BCUT2D eigenvalue weighted by Gasteiger charge is -2.25. The van der Waals surface area contributed by atoms with Crippen LogP contribution in [-0.2, 0) is 14.8 Å². The molecule has 0 saturated heterocycles. The number of hydrogen-bond donors (Lipinski definition) is 1. The second-order valence-corrected chi connectivity index (χ2v) is 7.37. The van der Waals surface area contributed by atoms with Gasteiger partial charge in [-0.1, -0.05) is 30.3 Å². The van der Waals surface area contributed by atoms with E-state index >= 15 is 0 Å². The zero-order valence-electron chi connectivity index (χ0n) is 14.7. The molecule has 2 N–H and O–H groups in total.